The van der Waals surface area contributed by atoms with Gasteiger partial charge in [-0.3, -0.25) is 4.98 Å². The number of pyridine rings is 1. The second-order valence-electron chi connectivity index (χ2n) is 4.37. The Bertz CT molecular complexity index is 581. The van der Waals surface area contributed by atoms with Crippen LogP contribution in [0.1, 0.15) is 22.9 Å². The summed E-state index contributed by atoms with van der Waals surface area (Å²) in [5, 5.41) is 0. The maximum atomic E-state index is 13.5. The molecule has 0 saturated heterocycles. The molecule has 0 amide bonds. The normalized spacial score (nSPS) is 13.2. The summed E-state index contributed by atoms with van der Waals surface area (Å²) in [7, 11) is 0. The van der Waals surface area contributed by atoms with Gasteiger partial charge < -0.3 is 5.73 Å². The summed E-state index contributed by atoms with van der Waals surface area (Å²) in [6, 6.07) is 7.40. The number of rotatable bonds is 3. The van der Waals surface area contributed by atoms with Crippen LogP contribution in [0.3, 0.4) is 0 Å². The molecule has 1 aromatic carbocycles. The standard InChI is InChI=1S/C14H12F4N2/c15-12-7-9(4-5-11(12)14(16,17)18)13(19)8-10-3-1-2-6-20-10/h1-7,13H,8,19H2. The van der Waals surface area contributed by atoms with Crippen LogP contribution >= 0.6 is 0 Å². The minimum Gasteiger partial charge on any atom is -0.324 e. The Hall–Kier alpha value is -1.95. The van der Waals surface area contributed by atoms with Crippen molar-refractivity contribution >= 4 is 0 Å². The average molecular weight is 284 g/mol. The highest BCUT2D eigenvalue weighted by molar-refractivity contribution is 5.29. The highest BCUT2D eigenvalue weighted by Gasteiger charge is 2.34. The predicted molar refractivity (Wildman–Crippen MR) is 66.3 cm³/mol. The minimum absolute atomic E-state index is 0.307. The van der Waals surface area contributed by atoms with E-state index >= 15 is 0 Å². The van der Waals surface area contributed by atoms with Gasteiger partial charge >= 0.3 is 6.18 Å². The van der Waals surface area contributed by atoms with Crippen LogP contribution in [0.5, 0.6) is 0 Å². The molecular weight excluding hydrogens is 272 g/mol. The van der Waals surface area contributed by atoms with Crippen molar-refractivity contribution in [2.75, 3.05) is 0 Å². The smallest absolute Gasteiger partial charge is 0.324 e. The zero-order valence-electron chi connectivity index (χ0n) is 10.4. The van der Waals surface area contributed by atoms with E-state index in [9.17, 15) is 17.6 Å². The lowest BCUT2D eigenvalue weighted by Crippen LogP contribution is -2.16. The van der Waals surface area contributed by atoms with Crippen LogP contribution in [0, 0.1) is 5.82 Å². The van der Waals surface area contributed by atoms with Crippen molar-refractivity contribution in [2.45, 2.75) is 18.6 Å². The fourth-order valence-corrected chi connectivity index (χ4v) is 1.85. The van der Waals surface area contributed by atoms with Gasteiger partial charge in [-0.15, -0.1) is 0 Å². The van der Waals surface area contributed by atoms with Gasteiger partial charge in [0.2, 0.25) is 0 Å². The first-order valence-electron chi connectivity index (χ1n) is 5.90. The number of hydrogen-bond acceptors (Lipinski definition) is 2. The maximum absolute atomic E-state index is 13.5. The van der Waals surface area contributed by atoms with Gasteiger partial charge in [-0.2, -0.15) is 13.2 Å². The topological polar surface area (TPSA) is 38.9 Å². The number of hydrogen-bond donors (Lipinski definition) is 1. The lowest BCUT2D eigenvalue weighted by Gasteiger charge is -2.14. The lowest BCUT2D eigenvalue weighted by atomic mass is 10.0. The molecule has 106 valence electrons. The molecule has 6 heteroatoms. The SMILES string of the molecule is NC(Cc1ccccn1)c1ccc(C(F)(F)F)c(F)c1. The summed E-state index contributed by atoms with van der Waals surface area (Å²) in [5.74, 6) is -1.31. The second-order valence-corrected chi connectivity index (χ2v) is 4.37. The number of aromatic nitrogens is 1. The molecule has 20 heavy (non-hydrogen) atoms. The van der Waals surface area contributed by atoms with Crippen LogP contribution < -0.4 is 5.73 Å². The molecule has 0 aliphatic carbocycles. The molecule has 0 fully saturated rings. The van der Waals surface area contributed by atoms with E-state index in [-0.39, 0.29) is 0 Å². The van der Waals surface area contributed by atoms with Gasteiger partial charge in [-0.25, -0.2) is 4.39 Å². The summed E-state index contributed by atoms with van der Waals surface area (Å²) in [6.45, 7) is 0. The van der Waals surface area contributed by atoms with E-state index in [0.717, 1.165) is 6.07 Å². The summed E-state index contributed by atoms with van der Waals surface area (Å²) in [5.41, 5.74) is 5.58. The molecule has 1 aromatic heterocycles. The Morgan fingerprint density at radius 2 is 1.90 bits per heavy atom. The molecule has 1 atom stereocenters. The van der Waals surface area contributed by atoms with Gasteiger partial charge in [0, 0.05) is 24.4 Å². The Kier molecular flexibility index (Phi) is 4.04. The Labute approximate surface area is 113 Å². The summed E-state index contributed by atoms with van der Waals surface area (Å²) in [4.78, 5) is 4.07. The third-order valence-electron chi connectivity index (χ3n) is 2.88. The highest BCUT2D eigenvalue weighted by Crippen LogP contribution is 2.32. The predicted octanol–water partition coefficient (Wildman–Crippen LogP) is 3.48. The summed E-state index contributed by atoms with van der Waals surface area (Å²) in [6.07, 6.45) is -2.78. The van der Waals surface area contributed by atoms with Gasteiger partial charge in [-0.1, -0.05) is 12.1 Å². The van der Waals surface area contributed by atoms with Crippen molar-refractivity contribution in [2.24, 2.45) is 5.73 Å². The molecule has 0 radical (unpaired) electrons. The molecule has 0 saturated carbocycles. The van der Waals surface area contributed by atoms with Crippen LogP contribution in [-0.4, -0.2) is 4.98 Å². The third kappa shape index (κ3) is 3.33. The van der Waals surface area contributed by atoms with Crippen LogP contribution in [0.2, 0.25) is 0 Å². The van der Waals surface area contributed by atoms with Gasteiger partial charge in [0.1, 0.15) is 5.82 Å². The van der Waals surface area contributed by atoms with Crippen LogP contribution in [0.4, 0.5) is 17.6 Å². The zero-order chi connectivity index (χ0) is 14.8. The fourth-order valence-electron chi connectivity index (χ4n) is 1.85. The van der Waals surface area contributed by atoms with E-state index in [0.29, 0.717) is 23.7 Å². The van der Waals surface area contributed by atoms with E-state index in [2.05, 4.69) is 4.98 Å². The number of benzene rings is 1. The Morgan fingerprint density at radius 3 is 2.45 bits per heavy atom. The van der Waals surface area contributed by atoms with E-state index in [4.69, 9.17) is 5.73 Å². The van der Waals surface area contributed by atoms with Crippen LogP contribution in [0.15, 0.2) is 42.6 Å². The van der Waals surface area contributed by atoms with Crippen molar-refractivity contribution in [1.82, 2.24) is 4.98 Å². The number of halogens is 4. The van der Waals surface area contributed by atoms with E-state index in [1.54, 1.807) is 24.4 Å². The van der Waals surface area contributed by atoms with Crippen molar-refractivity contribution in [1.29, 1.82) is 0 Å². The van der Waals surface area contributed by atoms with E-state index in [1.807, 2.05) is 0 Å². The first kappa shape index (κ1) is 14.5. The third-order valence-corrected chi connectivity index (χ3v) is 2.88. The van der Waals surface area contributed by atoms with Crippen LogP contribution in [-0.2, 0) is 12.6 Å². The van der Waals surface area contributed by atoms with Crippen molar-refractivity contribution in [3.05, 3.63) is 65.2 Å². The quantitative estimate of drug-likeness (QED) is 0.876. The Morgan fingerprint density at radius 1 is 1.15 bits per heavy atom. The fraction of sp³-hybridized carbons (Fsp3) is 0.214. The molecule has 2 nitrogen and oxygen atoms in total. The van der Waals surface area contributed by atoms with Gasteiger partial charge in [0.25, 0.3) is 0 Å². The highest BCUT2D eigenvalue weighted by atomic mass is 19.4. The number of nitrogens with two attached hydrogens (primary N) is 1. The first-order valence-corrected chi connectivity index (χ1v) is 5.90. The minimum atomic E-state index is -4.70. The van der Waals surface area contributed by atoms with Gasteiger partial charge in [-0.05, 0) is 29.8 Å². The largest absolute Gasteiger partial charge is 0.419 e. The molecule has 2 aromatic rings. The Balaban J connectivity index is 2.19. The van der Waals surface area contributed by atoms with Crippen LogP contribution in [0.25, 0.3) is 0 Å². The molecular formula is C14H12F4N2. The van der Waals surface area contributed by atoms with Crippen molar-refractivity contribution in [3.63, 3.8) is 0 Å². The van der Waals surface area contributed by atoms with Gasteiger partial charge in [0.15, 0.2) is 0 Å². The maximum Gasteiger partial charge on any atom is 0.419 e. The van der Waals surface area contributed by atoms with E-state index in [1.165, 1.54) is 6.07 Å². The molecule has 0 spiro atoms. The number of nitrogens with zero attached hydrogens (tertiary/aromatic N) is 1. The molecule has 1 heterocycles. The molecule has 2 N–H and O–H groups in total. The summed E-state index contributed by atoms with van der Waals surface area (Å²) >= 11 is 0. The van der Waals surface area contributed by atoms with Crippen molar-refractivity contribution < 1.29 is 17.6 Å². The first-order chi connectivity index (χ1) is 9.38. The molecule has 1 unspecified atom stereocenters. The molecule has 0 aliphatic heterocycles. The molecule has 0 bridgehead atoms. The van der Waals surface area contributed by atoms with Crippen molar-refractivity contribution in [3.8, 4) is 0 Å². The molecule has 2 rings (SSSR count). The zero-order valence-corrected chi connectivity index (χ0v) is 10.4. The summed E-state index contributed by atoms with van der Waals surface area (Å²) < 4.78 is 50.8. The van der Waals surface area contributed by atoms with E-state index < -0.39 is 23.6 Å². The average Bonchev–Trinajstić information content (AvgIpc) is 2.38. The lowest BCUT2D eigenvalue weighted by molar-refractivity contribution is -0.140. The number of alkyl halides is 3. The van der Waals surface area contributed by atoms with Gasteiger partial charge in [0.05, 0.1) is 5.56 Å². The molecule has 0 aliphatic rings. The monoisotopic (exact) mass is 284 g/mol. The second kappa shape index (κ2) is 5.58.